The van der Waals surface area contributed by atoms with Crippen LogP contribution in [-0.2, 0) is 20.9 Å². The molecule has 21 heteroatoms. The van der Waals surface area contributed by atoms with Crippen molar-refractivity contribution in [3.8, 4) is 5.75 Å². The van der Waals surface area contributed by atoms with Gasteiger partial charge < -0.3 is 20.1 Å². The van der Waals surface area contributed by atoms with Crippen molar-refractivity contribution < 1.29 is 74.0 Å². The Labute approximate surface area is 241 Å². The molecule has 4 heterocycles. The maximum Gasteiger partial charge on any atom is 0.490 e. The molecule has 44 heavy (non-hydrogen) atoms. The summed E-state index contributed by atoms with van der Waals surface area (Å²) in [7, 11) is 0. The number of rotatable bonds is 4. The van der Waals surface area contributed by atoms with Crippen molar-refractivity contribution in [1.29, 1.82) is 0 Å². The number of alkyl halides is 9. The Bertz CT molecular complexity index is 1090. The molecule has 2 fully saturated rings. The molecule has 4 rings (SSSR count). The summed E-state index contributed by atoms with van der Waals surface area (Å²) in [6.07, 6.45) is -5.16. The van der Waals surface area contributed by atoms with Crippen molar-refractivity contribution in [3.05, 3.63) is 48.8 Å². The highest BCUT2D eigenvalue weighted by Gasteiger charge is 2.40. The normalized spacial score (nSPS) is 18.6. The van der Waals surface area contributed by atoms with E-state index >= 15 is 0 Å². The summed E-state index contributed by atoms with van der Waals surface area (Å²) < 4.78 is 101. The Kier molecular flexibility index (Phi) is 14.2. The first-order chi connectivity index (χ1) is 20.2. The first-order valence-electron chi connectivity index (χ1n) is 11.9. The zero-order valence-corrected chi connectivity index (χ0v) is 22.1. The van der Waals surface area contributed by atoms with E-state index in [2.05, 4.69) is 30.8 Å². The number of aliphatic carboxylic acids is 3. The minimum absolute atomic E-state index is 0.240. The van der Waals surface area contributed by atoms with Gasteiger partial charge in [-0.3, -0.25) is 14.8 Å². The van der Waals surface area contributed by atoms with E-state index in [1.165, 1.54) is 11.9 Å². The lowest BCUT2D eigenvalue weighted by molar-refractivity contribution is -0.193. The lowest BCUT2D eigenvalue weighted by Gasteiger charge is -2.37. The third-order valence-electron chi connectivity index (χ3n) is 5.36. The summed E-state index contributed by atoms with van der Waals surface area (Å²) in [5.74, 6) is -7.50. The lowest BCUT2D eigenvalue weighted by atomic mass is 10.1. The average Bonchev–Trinajstić information content (AvgIpc) is 3.31. The van der Waals surface area contributed by atoms with Gasteiger partial charge in [0, 0.05) is 57.6 Å². The summed E-state index contributed by atoms with van der Waals surface area (Å²) in [6.45, 7) is 5.29. The van der Waals surface area contributed by atoms with Gasteiger partial charge in [0.25, 0.3) is 0 Å². The van der Waals surface area contributed by atoms with Crippen LogP contribution in [0.4, 0.5) is 39.5 Å². The number of carboxylic acids is 3. The zero-order valence-electron chi connectivity index (χ0n) is 22.1. The highest BCUT2D eigenvalue weighted by Crippen LogP contribution is 2.26. The summed E-state index contributed by atoms with van der Waals surface area (Å²) in [4.78, 5) is 44.0. The average molecular weight is 653 g/mol. The van der Waals surface area contributed by atoms with Gasteiger partial charge in [-0.1, -0.05) is 6.07 Å². The number of pyridine rings is 1. The van der Waals surface area contributed by atoms with E-state index < -0.39 is 36.4 Å². The molecule has 2 aromatic heterocycles. The predicted octanol–water partition coefficient (Wildman–Crippen LogP) is 3.11. The van der Waals surface area contributed by atoms with Crippen LogP contribution in [0.25, 0.3) is 0 Å². The van der Waals surface area contributed by atoms with Crippen molar-refractivity contribution in [2.75, 3.05) is 26.2 Å². The number of ether oxygens (including phenoxy) is 1. The number of halogens is 9. The van der Waals surface area contributed by atoms with Crippen molar-refractivity contribution in [2.24, 2.45) is 0 Å². The minimum Gasteiger partial charge on any atom is -0.486 e. The third-order valence-corrected chi connectivity index (χ3v) is 5.36. The fraction of sp³-hybridized carbons (Fsp3) is 0.478. The van der Waals surface area contributed by atoms with E-state index in [0.717, 1.165) is 44.9 Å². The van der Waals surface area contributed by atoms with Gasteiger partial charge in [0.05, 0.1) is 12.4 Å². The van der Waals surface area contributed by atoms with Crippen LogP contribution in [0, 0.1) is 0 Å². The standard InChI is InChI=1S/C17H21N5O.3C2HF3O2/c1-2-14(7-18-3-1)10-21-4-5-22-12-16(6-15(22)11-21)23-17-8-19-13-20-9-17;3*3-2(4,5)1(6)7/h1-3,7-9,13,15-16H,4-6,10-12H2;3*(H,6,7). The van der Waals surface area contributed by atoms with E-state index in [1.54, 1.807) is 12.4 Å². The van der Waals surface area contributed by atoms with Crippen molar-refractivity contribution >= 4 is 17.9 Å². The fourth-order valence-corrected chi connectivity index (χ4v) is 3.58. The van der Waals surface area contributed by atoms with E-state index in [0.29, 0.717) is 6.04 Å². The molecule has 2 aliphatic rings. The van der Waals surface area contributed by atoms with Gasteiger partial charge in [-0.25, -0.2) is 24.4 Å². The molecule has 2 unspecified atom stereocenters. The number of hydrogen-bond donors (Lipinski definition) is 3. The van der Waals surface area contributed by atoms with Crippen LogP contribution in [0.1, 0.15) is 12.0 Å². The number of carboxylic acid groups (broad SMARTS) is 3. The van der Waals surface area contributed by atoms with Crippen molar-refractivity contribution in [3.63, 3.8) is 0 Å². The van der Waals surface area contributed by atoms with E-state index in [-0.39, 0.29) is 6.10 Å². The second-order valence-corrected chi connectivity index (χ2v) is 8.70. The number of piperazine rings is 1. The van der Waals surface area contributed by atoms with E-state index in [4.69, 9.17) is 34.4 Å². The molecule has 2 atom stereocenters. The van der Waals surface area contributed by atoms with Gasteiger partial charge in [0.15, 0.2) is 5.75 Å². The Hall–Kier alpha value is -4.27. The number of hydrogen-bond acceptors (Lipinski definition) is 9. The Morgan fingerprint density at radius 3 is 1.73 bits per heavy atom. The minimum atomic E-state index is -5.08. The van der Waals surface area contributed by atoms with Gasteiger partial charge in [-0.2, -0.15) is 39.5 Å². The van der Waals surface area contributed by atoms with Gasteiger partial charge >= 0.3 is 36.4 Å². The maximum absolute atomic E-state index is 10.6. The molecule has 0 radical (unpaired) electrons. The van der Waals surface area contributed by atoms with Crippen LogP contribution in [-0.4, -0.2) is 115 Å². The summed E-state index contributed by atoms with van der Waals surface area (Å²) >= 11 is 0. The second-order valence-electron chi connectivity index (χ2n) is 8.70. The molecule has 0 aromatic carbocycles. The summed E-state index contributed by atoms with van der Waals surface area (Å²) in [5, 5.41) is 21.4. The molecule has 0 amide bonds. The molecule has 3 N–H and O–H groups in total. The molecule has 2 saturated heterocycles. The van der Waals surface area contributed by atoms with Crippen LogP contribution in [0.15, 0.2) is 43.2 Å². The van der Waals surface area contributed by atoms with Gasteiger partial charge in [0.1, 0.15) is 12.4 Å². The SMILES string of the molecule is O=C(O)C(F)(F)F.O=C(O)C(F)(F)F.O=C(O)C(F)(F)F.c1cncc(CN2CCN3CC(Oc4cncnc4)CC3C2)c1. The molecular formula is C23H24F9N5O7. The Morgan fingerprint density at radius 2 is 1.30 bits per heavy atom. The first-order valence-corrected chi connectivity index (χ1v) is 11.9. The van der Waals surface area contributed by atoms with Crippen LogP contribution < -0.4 is 4.74 Å². The van der Waals surface area contributed by atoms with Gasteiger partial charge in [0.2, 0.25) is 0 Å². The number of fused-ring (bicyclic) bond motifs is 1. The van der Waals surface area contributed by atoms with Crippen LogP contribution in [0.5, 0.6) is 5.75 Å². The highest BCUT2D eigenvalue weighted by atomic mass is 19.4. The lowest BCUT2D eigenvalue weighted by Crippen LogP contribution is -2.49. The van der Waals surface area contributed by atoms with E-state index in [1.807, 2.05) is 18.5 Å². The molecular weight excluding hydrogens is 629 g/mol. The molecule has 2 aliphatic heterocycles. The number of nitrogens with zero attached hydrogens (tertiary/aromatic N) is 5. The molecule has 0 saturated carbocycles. The van der Waals surface area contributed by atoms with Crippen LogP contribution >= 0.6 is 0 Å². The molecule has 12 nitrogen and oxygen atoms in total. The predicted molar refractivity (Wildman–Crippen MR) is 127 cm³/mol. The first kappa shape index (κ1) is 37.8. The molecule has 246 valence electrons. The number of carbonyl (C=O) groups is 3. The molecule has 0 bridgehead atoms. The van der Waals surface area contributed by atoms with Crippen molar-refractivity contribution in [1.82, 2.24) is 24.8 Å². The number of aromatic nitrogens is 3. The largest absolute Gasteiger partial charge is 0.490 e. The monoisotopic (exact) mass is 653 g/mol. The van der Waals surface area contributed by atoms with Crippen LogP contribution in [0.2, 0.25) is 0 Å². The van der Waals surface area contributed by atoms with Crippen LogP contribution in [0.3, 0.4) is 0 Å². The van der Waals surface area contributed by atoms with E-state index in [9.17, 15) is 39.5 Å². The highest BCUT2D eigenvalue weighted by molar-refractivity contribution is 5.73. The smallest absolute Gasteiger partial charge is 0.486 e. The second kappa shape index (κ2) is 16.5. The molecule has 0 spiro atoms. The maximum atomic E-state index is 10.6. The van der Waals surface area contributed by atoms with Gasteiger partial charge in [-0.05, 0) is 11.6 Å². The Balaban J connectivity index is 0.000000379. The molecule has 0 aliphatic carbocycles. The molecule has 2 aromatic rings. The Morgan fingerprint density at radius 1 is 0.795 bits per heavy atom. The summed E-state index contributed by atoms with van der Waals surface area (Å²) in [5.41, 5.74) is 1.29. The van der Waals surface area contributed by atoms with Gasteiger partial charge in [-0.15, -0.1) is 0 Å². The fourth-order valence-electron chi connectivity index (χ4n) is 3.58. The zero-order chi connectivity index (χ0) is 33.7. The summed E-state index contributed by atoms with van der Waals surface area (Å²) in [6, 6.07) is 4.73. The van der Waals surface area contributed by atoms with Crippen molar-refractivity contribution in [2.45, 2.75) is 43.6 Å². The third kappa shape index (κ3) is 14.8. The quantitative estimate of drug-likeness (QED) is 0.414. The topological polar surface area (TPSA) is 166 Å².